The molecule has 0 aliphatic heterocycles. The van der Waals surface area contributed by atoms with Gasteiger partial charge in [0.2, 0.25) is 0 Å². The predicted molar refractivity (Wildman–Crippen MR) is 92.7 cm³/mol. The highest BCUT2D eigenvalue weighted by Crippen LogP contribution is 2.35. The van der Waals surface area contributed by atoms with E-state index in [1.165, 1.54) is 25.7 Å². The second kappa shape index (κ2) is 5.78. The Morgan fingerprint density at radius 3 is 2.30 bits per heavy atom. The smallest absolute Gasteiger partial charge is 0.0375 e. The molecule has 1 N–H and O–H groups in total. The molecule has 0 saturated heterocycles. The van der Waals surface area contributed by atoms with Crippen molar-refractivity contribution in [3.05, 3.63) is 61.2 Å². The minimum Gasteiger partial charge on any atom is -0.311 e. The fraction of sp³-hybridized carbons (Fsp3) is 0.222. The van der Waals surface area contributed by atoms with Crippen LogP contribution in [0.5, 0.6) is 0 Å². The quantitative estimate of drug-likeness (QED) is 0.628. The molecule has 0 spiro atoms. The Hall–Kier alpha value is -1.64. The van der Waals surface area contributed by atoms with Crippen LogP contribution >= 0.6 is 11.3 Å². The number of thiophene rings is 1. The molecule has 0 saturated carbocycles. The van der Waals surface area contributed by atoms with Crippen LogP contribution in [0.2, 0.25) is 0 Å². The van der Waals surface area contributed by atoms with E-state index in [0.717, 1.165) is 0 Å². The van der Waals surface area contributed by atoms with Gasteiger partial charge >= 0.3 is 0 Å². The van der Waals surface area contributed by atoms with Crippen LogP contribution in [0.1, 0.15) is 19.4 Å². The maximum absolute atomic E-state index is 3.36. The van der Waals surface area contributed by atoms with Crippen molar-refractivity contribution >= 4 is 31.5 Å². The van der Waals surface area contributed by atoms with Crippen LogP contribution in [0.25, 0.3) is 20.2 Å². The average Bonchev–Trinajstić information content (AvgIpc) is 2.87. The van der Waals surface area contributed by atoms with E-state index in [2.05, 4.69) is 74.8 Å². The molecule has 3 rings (SSSR count). The van der Waals surface area contributed by atoms with Crippen LogP contribution in [0.4, 0.5) is 0 Å². The van der Waals surface area contributed by atoms with Gasteiger partial charge in [-0.1, -0.05) is 30.3 Å². The van der Waals surface area contributed by atoms with Crippen LogP contribution in [0.3, 0.4) is 0 Å². The number of rotatable bonds is 2. The summed E-state index contributed by atoms with van der Waals surface area (Å²) in [6.07, 6.45) is 0. The van der Waals surface area contributed by atoms with Gasteiger partial charge in [0.15, 0.2) is 0 Å². The minimum absolute atomic E-state index is 0.0182. The van der Waals surface area contributed by atoms with E-state index in [9.17, 15) is 0 Å². The molecule has 2 heteroatoms. The van der Waals surface area contributed by atoms with Gasteiger partial charge in [-0.15, -0.1) is 24.5 Å². The first-order valence-corrected chi connectivity index (χ1v) is 7.54. The van der Waals surface area contributed by atoms with Crippen molar-refractivity contribution in [1.82, 2.24) is 5.32 Å². The Morgan fingerprint density at radius 2 is 1.60 bits per heavy atom. The lowest BCUT2D eigenvalue weighted by atomic mass is 9.94. The summed E-state index contributed by atoms with van der Waals surface area (Å²) in [4.78, 5) is 0. The summed E-state index contributed by atoms with van der Waals surface area (Å²) in [5, 5.41) is 6.09. The van der Waals surface area contributed by atoms with Gasteiger partial charge in [-0.2, -0.15) is 0 Å². The largest absolute Gasteiger partial charge is 0.311 e. The summed E-state index contributed by atoms with van der Waals surface area (Å²) >= 11 is 1.87. The highest BCUT2D eigenvalue weighted by molar-refractivity contribution is 7.25. The van der Waals surface area contributed by atoms with Gasteiger partial charge in [-0.25, -0.2) is 0 Å². The van der Waals surface area contributed by atoms with Gasteiger partial charge in [-0.05, 0) is 38.6 Å². The van der Waals surface area contributed by atoms with E-state index in [0.29, 0.717) is 0 Å². The monoisotopic (exact) mass is 283 g/mol. The molecule has 0 atom stereocenters. The molecule has 0 radical (unpaired) electrons. The van der Waals surface area contributed by atoms with Gasteiger partial charge < -0.3 is 5.32 Å². The number of hydrogen-bond donors (Lipinski definition) is 1. The molecule has 0 fully saturated rings. The zero-order valence-corrected chi connectivity index (χ0v) is 13.2. The number of nitrogens with one attached hydrogen (secondary N) is 1. The Morgan fingerprint density at radius 1 is 0.950 bits per heavy atom. The molecular weight excluding hydrogens is 262 g/mol. The second-order valence-electron chi connectivity index (χ2n) is 5.18. The van der Waals surface area contributed by atoms with Gasteiger partial charge in [0, 0.05) is 25.7 Å². The van der Waals surface area contributed by atoms with Crippen molar-refractivity contribution in [2.45, 2.75) is 19.4 Å². The Bertz CT molecular complexity index is 724. The van der Waals surface area contributed by atoms with E-state index < -0.39 is 0 Å². The first-order chi connectivity index (χ1) is 9.62. The summed E-state index contributed by atoms with van der Waals surface area (Å²) in [6.45, 7) is 10.4. The summed E-state index contributed by atoms with van der Waals surface area (Å²) in [7, 11) is 2.01. The van der Waals surface area contributed by atoms with Gasteiger partial charge in [0.1, 0.15) is 0 Å². The molecule has 0 aliphatic carbocycles. The van der Waals surface area contributed by atoms with Crippen LogP contribution in [-0.2, 0) is 5.54 Å². The molecule has 1 aromatic heterocycles. The standard InChI is InChI=1S/C16H17NS.C2H4/c1-16(2,17-3)11-8-9-13-12-6-4-5-7-14(12)18-15(13)10-11;1-2/h4-10,17H,1-3H3;1-2H2. The fourth-order valence-corrected chi connectivity index (χ4v) is 3.40. The fourth-order valence-electron chi connectivity index (χ4n) is 2.26. The summed E-state index contributed by atoms with van der Waals surface area (Å²) in [5.74, 6) is 0. The SMILES string of the molecule is C=C.CNC(C)(C)c1ccc2c(c1)sc1ccccc12. The van der Waals surface area contributed by atoms with Gasteiger partial charge in [-0.3, -0.25) is 0 Å². The summed E-state index contributed by atoms with van der Waals surface area (Å²) in [6, 6.07) is 15.4. The molecule has 20 heavy (non-hydrogen) atoms. The van der Waals surface area contributed by atoms with Crippen molar-refractivity contribution < 1.29 is 0 Å². The zero-order valence-electron chi connectivity index (χ0n) is 12.4. The Labute approximate surface area is 124 Å². The topological polar surface area (TPSA) is 12.0 Å². The molecule has 0 amide bonds. The molecule has 1 nitrogen and oxygen atoms in total. The molecule has 3 aromatic rings. The molecule has 0 unspecified atom stereocenters. The van der Waals surface area contributed by atoms with Crippen LogP contribution in [-0.4, -0.2) is 7.05 Å². The maximum Gasteiger partial charge on any atom is 0.0375 e. The number of fused-ring (bicyclic) bond motifs is 3. The lowest BCUT2D eigenvalue weighted by molar-refractivity contribution is 0.445. The molecule has 2 aromatic carbocycles. The van der Waals surface area contributed by atoms with Gasteiger partial charge in [0.05, 0.1) is 0 Å². The normalized spacial score (nSPS) is 11.3. The molecule has 0 bridgehead atoms. The first-order valence-electron chi connectivity index (χ1n) is 6.72. The summed E-state index contributed by atoms with van der Waals surface area (Å²) < 4.78 is 2.74. The maximum atomic E-state index is 3.36. The van der Waals surface area contributed by atoms with Crippen molar-refractivity contribution in [3.63, 3.8) is 0 Å². The van der Waals surface area contributed by atoms with Gasteiger partial charge in [0.25, 0.3) is 0 Å². The van der Waals surface area contributed by atoms with E-state index in [1.807, 2.05) is 18.4 Å². The van der Waals surface area contributed by atoms with E-state index in [4.69, 9.17) is 0 Å². The third-order valence-corrected chi connectivity index (χ3v) is 4.86. The molecule has 104 valence electrons. The van der Waals surface area contributed by atoms with Crippen LogP contribution in [0.15, 0.2) is 55.6 Å². The first kappa shape index (κ1) is 14.8. The lowest BCUT2D eigenvalue weighted by Gasteiger charge is -2.24. The number of benzene rings is 2. The summed E-state index contributed by atoms with van der Waals surface area (Å²) in [5.41, 5.74) is 1.36. The minimum atomic E-state index is 0.0182. The van der Waals surface area contributed by atoms with Crippen molar-refractivity contribution in [3.8, 4) is 0 Å². The van der Waals surface area contributed by atoms with Crippen LogP contribution in [0, 0.1) is 0 Å². The highest BCUT2D eigenvalue weighted by atomic mass is 32.1. The van der Waals surface area contributed by atoms with Crippen molar-refractivity contribution in [1.29, 1.82) is 0 Å². The molecular formula is C18H21NS. The third kappa shape index (κ3) is 2.49. The Kier molecular flexibility index (Phi) is 4.26. The highest BCUT2D eigenvalue weighted by Gasteiger charge is 2.18. The Balaban J connectivity index is 0.000000704. The lowest BCUT2D eigenvalue weighted by Crippen LogP contribution is -2.32. The van der Waals surface area contributed by atoms with E-state index >= 15 is 0 Å². The second-order valence-corrected chi connectivity index (χ2v) is 6.27. The van der Waals surface area contributed by atoms with E-state index in [1.54, 1.807) is 0 Å². The van der Waals surface area contributed by atoms with Crippen molar-refractivity contribution in [2.24, 2.45) is 0 Å². The zero-order chi connectivity index (χ0) is 14.8. The number of hydrogen-bond acceptors (Lipinski definition) is 2. The molecule has 1 heterocycles. The third-order valence-electron chi connectivity index (χ3n) is 3.73. The van der Waals surface area contributed by atoms with Crippen molar-refractivity contribution in [2.75, 3.05) is 7.05 Å². The van der Waals surface area contributed by atoms with E-state index in [-0.39, 0.29) is 5.54 Å². The average molecular weight is 283 g/mol. The van der Waals surface area contributed by atoms with Crippen LogP contribution < -0.4 is 5.32 Å². The predicted octanol–water partition coefficient (Wildman–Crippen LogP) is 5.31. The molecule has 0 aliphatic rings.